The highest BCUT2D eigenvalue weighted by molar-refractivity contribution is 5.87. The molecule has 0 aliphatic carbocycles. The molecule has 0 N–H and O–H groups in total. The summed E-state index contributed by atoms with van der Waals surface area (Å²) in [5, 5.41) is 6.20. The molecule has 2 aromatic heterocycles. The lowest BCUT2D eigenvalue weighted by Gasteiger charge is -2.23. The Morgan fingerprint density at radius 2 is 1.97 bits per heavy atom. The topological polar surface area (TPSA) is 77.4 Å². The monoisotopic (exact) mass is 392 g/mol. The molecule has 4 rings (SSSR count). The first-order valence-electron chi connectivity index (χ1n) is 9.50. The van der Waals surface area contributed by atoms with Crippen molar-refractivity contribution >= 4 is 22.8 Å². The third kappa shape index (κ3) is 3.00. The van der Waals surface area contributed by atoms with Crippen LogP contribution in [0.5, 0.6) is 0 Å². The summed E-state index contributed by atoms with van der Waals surface area (Å²) < 4.78 is 4.56. The van der Waals surface area contributed by atoms with Gasteiger partial charge in [-0.25, -0.2) is 9.80 Å². The number of fused-ring (bicyclic) bond motifs is 3. The molecule has 0 spiro atoms. The Balaban J connectivity index is 1.96. The molecular formula is C21H24N6O2. The van der Waals surface area contributed by atoms with E-state index in [1.165, 1.54) is 9.13 Å². The summed E-state index contributed by atoms with van der Waals surface area (Å²) >= 11 is 0. The quantitative estimate of drug-likeness (QED) is 0.636. The first-order valence-corrected chi connectivity index (χ1v) is 9.50. The lowest BCUT2D eigenvalue weighted by atomic mass is 10.1. The van der Waals surface area contributed by atoms with Gasteiger partial charge in [0.15, 0.2) is 11.2 Å². The zero-order chi connectivity index (χ0) is 20.9. The molecule has 8 nitrogen and oxygen atoms in total. The highest BCUT2D eigenvalue weighted by atomic mass is 16.2. The number of aromatic nitrogens is 4. The van der Waals surface area contributed by atoms with Crippen LogP contribution in [0.3, 0.4) is 0 Å². The third-order valence-electron chi connectivity index (χ3n) is 5.26. The molecule has 1 aliphatic rings. The van der Waals surface area contributed by atoms with E-state index in [0.717, 1.165) is 22.4 Å². The second-order valence-corrected chi connectivity index (χ2v) is 7.54. The van der Waals surface area contributed by atoms with Crippen LogP contribution in [0.4, 0.5) is 5.95 Å². The zero-order valence-corrected chi connectivity index (χ0v) is 17.1. The van der Waals surface area contributed by atoms with Crippen molar-refractivity contribution in [1.82, 2.24) is 18.7 Å². The summed E-state index contributed by atoms with van der Waals surface area (Å²) in [6.07, 6.45) is 1.73. The summed E-state index contributed by atoms with van der Waals surface area (Å²) in [4.78, 5) is 31.0. The van der Waals surface area contributed by atoms with Crippen molar-refractivity contribution in [3.63, 3.8) is 0 Å². The second-order valence-electron chi connectivity index (χ2n) is 7.54. The lowest BCUT2D eigenvalue weighted by Crippen LogP contribution is -2.40. The molecule has 0 saturated heterocycles. The third-order valence-corrected chi connectivity index (χ3v) is 5.26. The van der Waals surface area contributed by atoms with Gasteiger partial charge in [0.1, 0.15) is 0 Å². The Kier molecular flexibility index (Phi) is 4.49. The number of hydrogen-bond donors (Lipinski definition) is 0. The van der Waals surface area contributed by atoms with Crippen LogP contribution in [0.25, 0.3) is 11.2 Å². The number of hydrogen-bond acceptors (Lipinski definition) is 5. The molecule has 8 heteroatoms. The maximum atomic E-state index is 13.4. The minimum absolute atomic E-state index is 0.221. The van der Waals surface area contributed by atoms with Crippen LogP contribution in [0.1, 0.15) is 23.6 Å². The lowest BCUT2D eigenvalue weighted by molar-refractivity contribution is 0.651. The van der Waals surface area contributed by atoms with E-state index in [9.17, 15) is 9.59 Å². The Bertz CT molecular complexity index is 1290. The average Bonchev–Trinajstić information content (AvgIpc) is 3.06. The molecule has 0 saturated carbocycles. The van der Waals surface area contributed by atoms with Gasteiger partial charge in [0.05, 0.1) is 25.3 Å². The molecule has 0 amide bonds. The van der Waals surface area contributed by atoms with Crippen molar-refractivity contribution in [2.75, 3.05) is 11.6 Å². The van der Waals surface area contributed by atoms with Gasteiger partial charge >= 0.3 is 5.69 Å². The van der Waals surface area contributed by atoms with Crippen molar-refractivity contribution in [3.8, 4) is 0 Å². The Morgan fingerprint density at radius 3 is 2.69 bits per heavy atom. The Hall–Kier alpha value is -3.42. The molecule has 3 heterocycles. The fourth-order valence-corrected chi connectivity index (χ4v) is 3.74. The van der Waals surface area contributed by atoms with Gasteiger partial charge in [0, 0.05) is 7.05 Å². The van der Waals surface area contributed by atoms with E-state index in [4.69, 9.17) is 0 Å². The molecule has 0 fully saturated rings. The molecule has 150 valence electrons. The highest BCUT2D eigenvalue weighted by Gasteiger charge is 2.26. The largest absolute Gasteiger partial charge is 0.332 e. The minimum atomic E-state index is -0.383. The summed E-state index contributed by atoms with van der Waals surface area (Å²) in [6.45, 7) is 10.8. The predicted octanol–water partition coefficient (Wildman–Crippen LogP) is 1.94. The van der Waals surface area contributed by atoms with Crippen LogP contribution in [0.15, 0.2) is 45.5 Å². The molecule has 0 radical (unpaired) electrons. The van der Waals surface area contributed by atoms with Gasteiger partial charge in [-0.3, -0.25) is 18.5 Å². The smallest absolute Gasteiger partial charge is 0.297 e. The molecule has 1 aromatic carbocycles. The van der Waals surface area contributed by atoms with E-state index >= 15 is 0 Å². The SMILES string of the molecule is C=CCN1N=C(C)Cn2c1nc1c2c(=O)n(Cc2cc(C)ccc2C)c(=O)n1C. The van der Waals surface area contributed by atoms with Gasteiger partial charge in [0.25, 0.3) is 5.56 Å². The number of imidazole rings is 1. The van der Waals surface area contributed by atoms with Crippen LogP contribution in [-0.4, -0.2) is 30.9 Å². The molecule has 0 atom stereocenters. The average molecular weight is 392 g/mol. The molecular weight excluding hydrogens is 368 g/mol. The van der Waals surface area contributed by atoms with Gasteiger partial charge in [-0.15, -0.1) is 6.58 Å². The van der Waals surface area contributed by atoms with Gasteiger partial charge in [0.2, 0.25) is 5.95 Å². The predicted molar refractivity (Wildman–Crippen MR) is 115 cm³/mol. The molecule has 1 aliphatic heterocycles. The van der Waals surface area contributed by atoms with Gasteiger partial charge < -0.3 is 0 Å². The fraction of sp³-hybridized carbons (Fsp3) is 0.333. The molecule has 29 heavy (non-hydrogen) atoms. The summed E-state index contributed by atoms with van der Waals surface area (Å²) in [5.41, 5.74) is 4.00. The number of rotatable bonds is 4. The first-order chi connectivity index (χ1) is 13.8. The molecule has 0 unspecified atom stereocenters. The van der Waals surface area contributed by atoms with Crippen LogP contribution in [0, 0.1) is 13.8 Å². The number of anilines is 1. The van der Waals surface area contributed by atoms with Crippen molar-refractivity contribution in [1.29, 1.82) is 0 Å². The number of aryl methyl sites for hydroxylation is 3. The summed E-state index contributed by atoms with van der Waals surface area (Å²) in [7, 11) is 1.65. The van der Waals surface area contributed by atoms with Crippen molar-refractivity contribution < 1.29 is 0 Å². The van der Waals surface area contributed by atoms with Crippen LogP contribution < -0.4 is 16.3 Å². The van der Waals surface area contributed by atoms with E-state index in [-0.39, 0.29) is 17.8 Å². The van der Waals surface area contributed by atoms with Crippen LogP contribution >= 0.6 is 0 Å². The second kappa shape index (κ2) is 6.88. The maximum absolute atomic E-state index is 13.4. The van der Waals surface area contributed by atoms with E-state index < -0.39 is 0 Å². The Morgan fingerprint density at radius 1 is 1.21 bits per heavy atom. The van der Waals surface area contributed by atoms with Gasteiger partial charge in [-0.05, 0) is 31.9 Å². The standard InChI is InChI=1S/C21H24N6O2/c1-6-9-27-20-22-18-17(25(20)11-15(4)23-27)19(28)26(21(29)24(18)5)12-16-10-13(2)7-8-14(16)3/h6-8,10H,1,9,11-12H2,2-5H3. The number of hydrazone groups is 1. The van der Waals surface area contributed by atoms with Crippen LogP contribution in [-0.2, 0) is 20.1 Å². The van der Waals surface area contributed by atoms with E-state index in [2.05, 4.69) is 16.7 Å². The van der Waals surface area contributed by atoms with Crippen LogP contribution in [0.2, 0.25) is 0 Å². The number of nitrogens with zero attached hydrogens (tertiary/aromatic N) is 6. The minimum Gasteiger partial charge on any atom is -0.297 e. The highest BCUT2D eigenvalue weighted by Crippen LogP contribution is 2.23. The first kappa shape index (κ1) is 18.9. The van der Waals surface area contributed by atoms with Gasteiger partial charge in [-0.2, -0.15) is 10.1 Å². The van der Waals surface area contributed by atoms with Crippen molar-refractivity contribution in [3.05, 3.63) is 68.4 Å². The van der Waals surface area contributed by atoms with E-state index in [1.807, 2.05) is 43.5 Å². The summed E-state index contributed by atoms with van der Waals surface area (Å²) in [6, 6.07) is 6.04. The Labute approximate surface area is 168 Å². The number of benzene rings is 1. The fourth-order valence-electron chi connectivity index (χ4n) is 3.74. The van der Waals surface area contributed by atoms with E-state index in [0.29, 0.717) is 30.2 Å². The molecule has 0 bridgehead atoms. The maximum Gasteiger partial charge on any atom is 0.332 e. The zero-order valence-electron chi connectivity index (χ0n) is 17.1. The molecule has 3 aromatic rings. The normalized spacial score (nSPS) is 13.5. The van der Waals surface area contributed by atoms with Crippen molar-refractivity contribution in [2.45, 2.75) is 33.9 Å². The van der Waals surface area contributed by atoms with Gasteiger partial charge in [-0.1, -0.05) is 29.8 Å². The summed E-state index contributed by atoms with van der Waals surface area (Å²) in [5.74, 6) is 0.544. The van der Waals surface area contributed by atoms with Crippen molar-refractivity contribution in [2.24, 2.45) is 12.1 Å². The van der Waals surface area contributed by atoms with E-state index in [1.54, 1.807) is 18.1 Å².